The molecule has 0 heterocycles. The molecule has 0 aromatic heterocycles. The number of hydrogen-bond acceptors (Lipinski definition) is 5. The van der Waals surface area contributed by atoms with Crippen LogP contribution in [0.25, 0.3) is 0 Å². The fourth-order valence-electron chi connectivity index (χ4n) is 2.07. The Morgan fingerprint density at radius 2 is 1.85 bits per heavy atom. The summed E-state index contributed by atoms with van der Waals surface area (Å²) in [6, 6.07) is 11.0. The lowest BCUT2D eigenvalue weighted by molar-refractivity contribution is -0.123. The van der Waals surface area contributed by atoms with E-state index in [2.05, 4.69) is 5.32 Å². The molecule has 0 aliphatic carbocycles. The molecule has 1 amide bonds. The molecule has 0 radical (unpaired) electrons. The zero-order valence-electron chi connectivity index (χ0n) is 13.9. The fraction of sp³-hybridized carbons (Fsp3) is 0.167. The van der Waals surface area contributed by atoms with E-state index in [9.17, 15) is 9.59 Å². The lowest BCUT2D eigenvalue weighted by Crippen LogP contribution is -2.30. The maximum absolute atomic E-state index is 12.2. The van der Waals surface area contributed by atoms with Gasteiger partial charge in [-0.15, -0.1) is 0 Å². The Kier molecular flexibility index (Phi) is 6.45. The highest BCUT2D eigenvalue weighted by Gasteiger charge is 2.21. The zero-order valence-corrected chi connectivity index (χ0v) is 15.4. The number of nitriles is 1. The molecule has 134 valence electrons. The van der Waals surface area contributed by atoms with Gasteiger partial charge in [0, 0.05) is 5.69 Å². The molecule has 1 atom stereocenters. The van der Waals surface area contributed by atoms with Crippen LogP contribution in [0.5, 0.6) is 5.75 Å². The van der Waals surface area contributed by atoms with Crippen LogP contribution in [-0.4, -0.2) is 25.1 Å². The van der Waals surface area contributed by atoms with Crippen molar-refractivity contribution in [3.63, 3.8) is 0 Å². The van der Waals surface area contributed by atoms with E-state index in [0.717, 1.165) is 0 Å². The van der Waals surface area contributed by atoms with Gasteiger partial charge in [0.1, 0.15) is 0 Å². The molecule has 0 unspecified atom stereocenters. The van der Waals surface area contributed by atoms with Crippen LogP contribution >= 0.6 is 23.2 Å². The SMILES string of the molecule is COc1c(Cl)cc(C(=O)O[C@@H](C)C(=O)Nc2cccc(C#N)c2)cc1Cl. The molecule has 0 aliphatic heterocycles. The number of carbonyl (C=O) groups is 2. The van der Waals surface area contributed by atoms with E-state index in [-0.39, 0.29) is 21.4 Å². The first-order valence-electron chi connectivity index (χ1n) is 7.40. The Balaban J connectivity index is 2.06. The molecule has 0 aliphatic rings. The Bertz CT molecular complexity index is 870. The van der Waals surface area contributed by atoms with Crippen LogP contribution in [0, 0.1) is 11.3 Å². The normalized spacial score (nSPS) is 11.2. The summed E-state index contributed by atoms with van der Waals surface area (Å²) in [4.78, 5) is 24.4. The Morgan fingerprint density at radius 1 is 1.19 bits per heavy atom. The van der Waals surface area contributed by atoms with Gasteiger partial charge >= 0.3 is 5.97 Å². The lowest BCUT2D eigenvalue weighted by Gasteiger charge is -2.14. The van der Waals surface area contributed by atoms with Gasteiger partial charge in [0.05, 0.1) is 34.4 Å². The van der Waals surface area contributed by atoms with Gasteiger partial charge in [-0.3, -0.25) is 4.79 Å². The number of benzene rings is 2. The van der Waals surface area contributed by atoms with Crippen molar-refractivity contribution < 1.29 is 19.1 Å². The molecular weight excluding hydrogens is 379 g/mol. The first-order chi connectivity index (χ1) is 12.3. The number of methoxy groups -OCH3 is 1. The Labute approximate surface area is 160 Å². The highest BCUT2D eigenvalue weighted by molar-refractivity contribution is 6.37. The maximum atomic E-state index is 12.2. The van der Waals surface area contributed by atoms with Crippen LogP contribution in [-0.2, 0) is 9.53 Å². The summed E-state index contributed by atoms with van der Waals surface area (Å²) in [6.07, 6.45) is -1.08. The number of esters is 1. The minimum absolute atomic E-state index is 0.0897. The molecule has 8 heteroatoms. The number of ether oxygens (including phenoxy) is 2. The summed E-state index contributed by atoms with van der Waals surface area (Å²) >= 11 is 12.0. The average Bonchev–Trinajstić information content (AvgIpc) is 2.61. The van der Waals surface area contributed by atoms with Crippen molar-refractivity contribution in [1.82, 2.24) is 0 Å². The second-order valence-electron chi connectivity index (χ2n) is 5.20. The van der Waals surface area contributed by atoms with Gasteiger partial charge in [-0.25, -0.2) is 4.79 Å². The summed E-state index contributed by atoms with van der Waals surface area (Å²) in [5, 5.41) is 11.7. The molecule has 2 aromatic rings. The summed E-state index contributed by atoms with van der Waals surface area (Å²) in [7, 11) is 1.40. The summed E-state index contributed by atoms with van der Waals surface area (Å²) < 4.78 is 10.1. The second kappa shape index (κ2) is 8.56. The number of carbonyl (C=O) groups excluding carboxylic acids is 2. The van der Waals surface area contributed by atoms with E-state index in [1.165, 1.54) is 32.2 Å². The van der Waals surface area contributed by atoms with E-state index in [0.29, 0.717) is 11.3 Å². The van der Waals surface area contributed by atoms with Gasteiger partial charge in [-0.05, 0) is 37.3 Å². The smallest absolute Gasteiger partial charge is 0.339 e. The largest absolute Gasteiger partial charge is 0.494 e. The highest BCUT2D eigenvalue weighted by Crippen LogP contribution is 2.34. The van der Waals surface area contributed by atoms with Gasteiger partial charge in [-0.1, -0.05) is 29.3 Å². The monoisotopic (exact) mass is 392 g/mol. The first-order valence-corrected chi connectivity index (χ1v) is 8.16. The number of amides is 1. The molecule has 1 N–H and O–H groups in total. The summed E-state index contributed by atoms with van der Waals surface area (Å²) in [6.45, 7) is 1.42. The van der Waals surface area contributed by atoms with Gasteiger partial charge in [0.2, 0.25) is 0 Å². The Hall–Kier alpha value is -2.75. The number of anilines is 1. The zero-order chi connectivity index (χ0) is 19.3. The van der Waals surface area contributed by atoms with E-state index < -0.39 is 18.0 Å². The average molecular weight is 393 g/mol. The lowest BCUT2D eigenvalue weighted by atomic mass is 10.2. The predicted octanol–water partition coefficient (Wildman–Crippen LogP) is 4.06. The molecule has 26 heavy (non-hydrogen) atoms. The third-order valence-corrected chi connectivity index (χ3v) is 3.91. The van der Waals surface area contributed by atoms with Crippen LogP contribution in [0.15, 0.2) is 36.4 Å². The van der Waals surface area contributed by atoms with Crippen LogP contribution in [0.4, 0.5) is 5.69 Å². The Morgan fingerprint density at radius 3 is 2.42 bits per heavy atom. The number of halogens is 2. The standard InChI is InChI=1S/C18H14Cl2N2O4/c1-10(17(23)22-13-5-3-4-11(6-13)9-21)26-18(24)12-7-14(19)16(25-2)15(20)8-12/h3-8,10H,1-2H3,(H,22,23)/t10-/m0/s1. The quantitative estimate of drug-likeness (QED) is 0.774. The van der Waals surface area contributed by atoms with Crippen LogP contribution in [0.1, 0.15) is 22.8 Å². The molecule has 0 saturated heterocycles. The van der Waals surface area contributed by atoms with Crippen molar-refractivity contribution in [3.8, 4) is 11.8 Å². The minimum atomic E-state index is -1.08. The van der Waals surface area contributed by atoms with E-state index >= 15 is 0 Å². The van der Waals surface area contributed by atoms with Crippen molar-refractivity contribution in [1.29, 1.82) is 5.26 Å². The molecular formula is C18H14Cl2N2O4. The van der Waals surface area contributed by atoms with Crippen molar-refractivity contribution in [2.75, 3.05) is 12.4 Å². The molecule has 0 saturated carbocycles. The van der Waals surface area contributed by atoms with Crippen molar-refractivity contribution in [2.45, 2.75) is 13.0 Å². The van der Waals surface area contributed by atoms with Gasteiger partial charge in [-0.2, -0.15) is 5.26 Å². The van der Waals surface area contributed by atoms with Crippen molar-refractivity contribution >= 4 is 40.8 Å². The van der Waals surface area contributed by atoms with Crippen LogP contribution in [0.2, 0.25) is 10.0 Å². The first kappa shape index (κ1) is 19.6. The number of hydrogen-bond donors (Lipinski definition) is 1. The summed E-state index contributed by atoms with van der Waals surface area (Å²) in [5.74, 6) is -1.06. The predicted molar refractivity (Wildman–Crippen MR) is 97.7 cm³/mol. The topological polar surface area (TPSA) is 88.4 Å². The van der Waals surface area contributed by atoms with Crippen LogP contribution < -0.4 is 10.1 Å². The third-order valence-electron chi connectivity index (χ3n) is 3.35. The molecule has 0 spiro atoms. The van der Waals surface area contributed by atoms with E-state index in [4.69, 9.17) is 37.9 Å². The highest BCUT2D eigenvalue weighted by atomic mass is 35.5. The van der Waals surface area contributed by atoms with Crippen LogP contribution in [0.3, 0.4) is 0 Å². The molecule has 2 aromatic carbocycles. The second-order valence-corrected chi connectivity index (χ2v) is 6.02. The molecule has 2 rings (SSSR count). The number of nitrogens with zero attached hydrogens (tertiary/aromatic N) is 1. The van der Waals surface area contributed by atoms with Crippen molar-refractivity contribution in [2.24, 2.45) is 0 Å². The number of nitrogens with one attached hydrogen (secondary N) is 1. The minimum Gasteiger partial charge on any atom is -0.494 e. The molecule has 0 bridgehead atoms. The van der Waals surface area contributed by atoms with Gasteiger partial charge in [0.25, 0.3) is 5.91 Å². The summed E-state index contributed by atoms with van der Waals surface area (Å²) in [5.41, 5.74) is 0.911. The molecule has 0 fully saturated rings. The maximum Gasteiger partial charge on any atom is 0.339 e. The van der Waals surface area contributed by atoms with Crippen molar-refractivity contribution in [3.05, 3.63) is 57.6 Å². The van der Waals surface area contributed by atoms with Gasteiger partial charge < -0.3 is 14.8 Å². The fourth-order valence-corrected chi connectivity index (χ4v) is 2.71. The van der Waals surface area contributed by atoms with E-state index in [1.807, 2.05) is 6.07 Å². The van der Waals surface area contributed by atoms with Gasteiger partial charge in [0.15, 0.2) is 11.9 Å². The molecule has 6 nitrogen and oxygen atoms in total. The number of rotatable bonds is 5. The third kappa shape index (κ3) is 4.66. The van der Waals surface area contributed by atoms with E-state index in [1.54, 1.807) is 18.2 Å².